The number of ether oxygens (including phenoxy) is 2. The molecule has 0 bridgehead atoms. The van der Waals surface area contributed by atoms with Gasteiger partial charge in [-0.3, -0.25) is 25.8 Å². The maximum Gasteiger partial charge on any atom is 0.338 e. The van der Waals surface area contributed by atoms with E-state index >= 15 is 0 Å². The van der Waals surface area contributed by atoms with Crippen LogP contribution in [0, 0.1) is 6.92 Å². The zero-order valence-electron chi connectivity index (χ0n) is 17.1. The van der Waals surface area contributed by atoms with E-state index < -0.39 is 17.8 Å². The monoisotopic (exact) mass is 441 g/mol. The number of thiocarbonyl (C=S) groups is 1. The van der Waals surface area contributed by atoms with Crippen molar-refractivity contribution in [3.8, 4) is 5.75 Å². The van der Waals surface area contributed by atoms with Crippen molar-refractivity contribution in [3.05, 3.63) is 71.3 Å². The lowest BCUT2D eigenvalue weighted by atomic mass is 10.1. The molecule has 8 nitrogen and oxygen atoms in total. The van der Waals surface area contributed by atoms with Crippen LogP contribution in [-0.4, -0.2) is 36.1 Å². The lowest BCUT2D eigenvalue weighted by Crippen LogP contribution is -2.49. The minimum Gasteiger partial charge on any atom is -0.484 e. The lowest BCUT2D eigenvalue weighted by molar-refractivity contribution is -0.123. The Hall–Kier alpha value is -3.72. The molecule has 0 aliphatic heterocycles. The Balaban J connectivity index is 1.69. The number of rotatable bonds is 7. The summed E-state index contributed by atoms with van der Waals surface area (Å²) in [6, 6.07) is 13.8. The maximum absolute atomic E-state index is 11.9. The molecule has 0 aromatic heterocycles. The highest BCUT2D eigenvalue weighted by Gasteiger charge is 2.08. The van der Waals surface area contributed by atoms with Crippen LogP contribution in [0.4, 0.5) is 0 Å². The molecule has 0 aliphatic rings. The minimum atomic E-state index is -0.513. The van der Waals surface area contributed by atoms with Crippen LogP contribution in [0.1, 0.15) is 28.4 Å². The molecule has 2 amide bonds. The van der Waals surface area contributed by atoms with E-state index in [0.717, 1.165) is 11.1 Å². The van der Waals surface area contributed by atoms with Crippen molar-refractivity contribution in [2.45, 2.75) is 13.8 Å². The van der Waals surface area contributed by atoms with Crippen molar-refractivity contribution in [2.75, 3.05) is 13.2 Å². The first-order valence-electron chi connectivity index (χ1n) is 9.42. The van der Waals surface area contributed by atoms with Gasteiger partial charge in [0.05, 0.1) is 12.2 Å². The summed E-state index contributed by atoms with van der Waals surface area (Å²) in [4.78, 5) is 35.3. The summed E-state index contributed by atoms with van der Waals surface area (Å²) in [6.07, 6.45) is 2.99. The molecule has 0 unspecified atom stereocenters. The predicted molar refractivity (Wildman–Crippen MR) is 120 cm³/mol. The molecular weight excluding hydrogens is 418 g/mol. The lowest BCUT2D eigenvalue weighted by Gasteiger charge is -2.10. The number of aryl methyl sites for hydroxylation is 1. The van der Waals surface area contributed by atoms with E-state index in [0.29, 0.717) is 11.3 Å². The Bertz CT molecular complexity index is 956. The molecule has 31 heavy (non-hydrogen) atoms. The van der Waals surface area contributed by atoms with Gasteiger partial charge in [-0.1, -0.05) is 29.8 Å². The van der Waals surface area contributed by atoms with Gasteiger partial charge in [0.1, 0.15) is 5.75 Å². The molecule has 0 aliphatic carbocycles. The standard InChI is InChI=1S/C22H23N3O5S/c1-3-29-21(28)17-9-11-18(12-10-17)30-14-20(27)24-25-22(31)23-19(26)13-8-16-6-4-15(2)5-7-16/h4-13H,3,14H2,1-2H3,(H,24,27)(H2,23,25,26,31). The molecule has 162 valence electrons. The van der Waals surface area contributed by atoms with E-state index in [4.69, 9.17) is 21.7 Å². The van der Waals surface area contributed by atoms with Gasteiger partial charge >= 0.3 is 5.97 Å². The number of nitrogens with one attached hydrogen (secondary N) is 3. The second-order valence-corrected chi connectivity index (χ2v) is 6.68. The fourth-order valence-corrected chi connectivity index (χ4v) is 2.40. The fourth-order valence-electron chi connectivity index (χ4n) is 2.25. The summed E-state index contributed by atoms with van der Waals surface area (Å²) in [5.41, 5.74) is 7.12. The summed E-state index contributed by atoms with van der Waals surface area (Å²) < 4.78 is 10.2. The van der Waals surface area contributed by atoms with Crippen molar-refractivity contribution in [3.63, 3.8) is 0 Å². The summed E-state index contributed by atoms with van der Waals surface area (Å²) in [5, 5.41) is 2.35. The molecule has 9 heteroatoms. The van der Waals surface area contributed by atoms with Crippen LogP contribution in [0.5, 0.6) is 5.75 Å². The molecule has 2 aromatic carbocycles. The average Bonchev–Trinajstić information content (AvgIpc) is 2.76. The summed E-state index contributed by atoms with van der Waals surface area (Å²) in [6.45, 7) is 3.69. The van der Waals surface area contributed by atoms with Gasteiger partial charge < -0.3 is 9.47 Å². The van der Waals surface area contributed by atoms with E-state index in [1.165, 1.54) is 18.2 Å². The maximum atomic E-state index is 11.9. The Morgan fingerprint density at radius 2 is 1.68 bits per heavy atom. The molecule has 2 aromatic rings. The second kappa shape index (κ2) is 12.1. The summed E-state index contributed by atoms with van der Waals surface area (Å²) in [5.74, 6) is -0.980. The molecular formula is C22H23N3O5S. The molecule has 3 N–H and O–H groups in total. The quantitative estimate of drug-likeness (QED) is 0.262. The minimum absolute atomic E-state index is 0.0642. The number of amides is 2. The van der Waals surface area contributed by atoms with Crippen LogP contribution in [0.25, 0.3) is 6.08 Å². The molecule has 0 saturated heterocycles. The first-order valence-corrected chi connectivity index (χ1v) is 9.82. The van der Waals surface area contributed by atoms with Crippen LogP contribution in [0.15, 0.2) is 54.6 Å². The Morgan fingerprint density at radius 1 is 1.00 bits per heavy atom. The fraction of sp³-hybridized carbons (Fsp3) is 0.182. The highest BCUT2D eigenvalue weighted by molar-refractivity contribution is 7.80. The average molecular weight is 442 g/mol. The second-order valence-electron chi connectivity index (χ2n) is 6.27. The summed E-state index contributed by atoms with van der Waals surface area (Å²) >= 11 is 4.96. The van der Waals surface area contributed by atoms with Gasteiger partial charge in [-0.2, -0.15) is 0 Å². The molecule has 0 fully saturated rings. The van der Waals surface area contributed by atoms with Crippen molar-refractivity contribution in [1.82, 2.24) is 16.2 Å². The van der Waals surface area contributed by atoms with E-state index in [-0.39, 0.29) is 18.3 Å². The van der Waals surface area contributed by atoms with Gasteiger partial charge in [0.2, 0.25) is 5.91 Å². The number of esters is 1. The van der Waals surface area contributed by atoms with Gasteiger partial charge in [-0.15, -0.1) is 0 Å². The van der Waals surface area contributed by atoms with Gasteiger partial charge in [-0.05, 0) is 62.0 Å². The molecule has 0 heterocycles. The van der Waals surface area contributed by atoms with Crippen LogP contribution in [0.3, 0.4) is 0 Å². The van der Waals surface area contributed by atoms with Crippen molar-refractivity contribution < 1.29 is 23.9 Å². The number of carbonyl (C=O) groups is 3. The third-order valence-electron chi connectivity index (χ3n) is 3.79. The van der Waals surface area contributed by atoms with Crippen molar-refractivity contribution in [1.29, 1.82) is 0 Å². The SMILES string of the molecule is CCOC(=O)c1ccc(OCC(=O)NNC(=S)NC(=O)C=Cc2ccc(C)cc2)cc1. The highest BCUT2D eigenvalue weighted by atomic mass is 32.1. The Morgan fingerprint density at radius 3 is 2.32 bits per heavy atom. The Kier molecular flexibility index (Phi) is 9.18. The van der Waals surface area contributed by atoms with E-state index in [2.05, 4.69) is 16.2 Å². The van der Waals surface area contributed by atoms with Crippen molar-refractivity contribution >= 4 is 41.2 Å². The number of hydrogen-bond donors (Lipinski definition) is 3. The number of carbonyl (C=O) groups excluding carboxylic acids is 3. The summed E-state index contributed by atoms with van der Waals surface area (Å²) in [7, 11) is 0. The van der Waals surface area contributed by atoms with E-state index in [1.807, 2.05) is 31.2 Å². The van der Waals surface area contributed by atoms with Gasteiger partial charge in [0.25, 0.3) is 5.91 Å². The van der Waals surface area contributed by atoms with Gasteiger partial charge in [0, 0.05) is 6.08 Å². The third kappa shape index (κ3) is 8.67. The van der Waals surface area contributed by atoms with Gasteiger partial charge in [0.15, 0.2) is 11.7 Å². The largest absolute Gasteiger partial charge is 0.484 e. The van der Waals surface area contributed by atoms with E-state index in [1.54, 1.807) is 25.1 Å². The van der Waals surface area contributed by atoms with Crippen LogP contribution in [-0.2, 0) is 14.3 Å². The topological polar surface area (TPSA) is 106 Å². The first-order chi connectivity index (χ1) is 14.9. The molecule has 0 atom stereocenters. The number of hydrogen-bond acceptors (Lipinski definition) is 6. The smallest absolute Gasteiger partial charge is 0.338 e. The van der Waals surface area contributed by atoms with Crippen LogP contribution >= 0.6 is 12.2 Å². The highest BCUT2D eigenvalue weighted by Crippen LogP contribution is 2.12. The molecule has 0 saturated carbocycles. The number of hydrazine groups is 1. The molecule has 0 radical (unpaired) electrons. The zero-order chi connectivity index (χ0) is 22.6. The van der Waals surface area contributed by atoms with Crippen molar-refractivity contribution in [2.24, 2.45) is 0 Å². The number of benzene rings is 2. The first kappa shape index (κ1) is 23.6. The zero-order valence-corrected chi connectivity index (χ0v) is 18.0. The van der Waals surface area contributed by atoms with Gasteiger partial charge in [-0.25, -0.2) is 4.79 Å². The Labute approximate surface area is 185 Å². The third-order valence-corrected chi connectivity index (χ3v) is 4.00. The predicted octanol–water partition coefficient (Wildman–Crippen LogP) is 2.29. The molecule has 2 rings (SSSR count). The van der Waals surface area contributed by atoms with Crippen LogP contribution < -0.4 is 20.9 Å². The van der Waals surface area contributed by atoms with E-state index in [9.17, 15) is 14.4 Å². The molecule has 0 spiro atoms. The normalized spacial score (nSPS) is 10.3. The van der Waals surface area contributed by atoms with Crippen LogP contribution in [0.2, 0.25) is 0 Å².